The van der Waals surface area contributed by atoms with Crippen molar-refractivity contribution in [2.45, 2.75) is 39.2 Å². The van der Waals surface area contributed by atoms with Crippen LogP contribution >= 0.6 is 0 Å². The van der Waals surface area contributed by atoms with Gasteiger partial charge in [-0.15, -0.1) is 0 Å². The summed E-state index contributed by atoms with van der Waals surface area (Å²) < 4.78 is 5.82. The Labute approximate surface area is 154 Å². The molecule has 3 heterocycles. The lowest BCUT2D eigenvalue weighted by atomic mass is 9.91. The second kappa shape index (κ2) is 8.12. The maximum Gasteiger partial charge on any atom is 0.317 e. The number of piperidine rings is 1. The van der Waals surface area contributed by atoms with Gasteiger partial charge in [0.1, 0.15) is 11.5 Å². The van der Waals surface area contributed by atoms with Gasteiger partial charge >= 0.3 is 12.0 Å². The Morgan fingerprint density at radius 2 is 2.04 bits per heavy atom. The van der Waals surface area contributed by atoms with Crippen LogP contribution in [0.1, 0.15) is 43.7 Å². The molecule has 2 fully saturated rings. The molecule has 7 heteroatoms. The highest BCUT2D eigenvalue weighted by atomic mass is 16.4. The number of hydrogen-bond donors (Lipinski definition) is 2. The lowest BCUT2D eigenvalue weighted by Gasteiger charge is -2.35. The van der Waals surface area contributed by atoms with Gasteiger partial charge in [0.2, 0.25) is 0 Å². The highest BCUT2D eigenvalue weighted by molar-refractivity contribution is 5.76. The van der Waals surface area contributed by atoms with Gasteiger partial charge in [0.25, 0.3) is 0 Å². The number of carboxylic acids is 1. The van der Waals surface area contributed by atoms with Crippen molar-refractivity contribution >= 4 is 12.0 Å². The van der Waals surface area contributed by atoms with Gasteiger partial charge in [-0.05, 0) is 57.3 Å². The minimum absolute atomic E-state index is 0.0210. The summed E-state index contributed by atoms with van der Waals surface area (Å²) in [4.78, 5) is 27.9. The molecule has 2 amide bonds. The van der Waals surface area contributed by atoms with Crippen molar-refractivity contribution in [3.05, 3.63) is 23.7 Å². The van der Waals surface area contributed by atoms with Gasteiger partial charge < -0.3 is 19.7 Å². The van der Waals surface area contributed by atoms with Crippen molar-refractivity contribution in [1.29, 1.82) is 0 Å². The number of carbonyl (C=O) groups excluding carboxylic acids is 1. The predicted molar refractivity (Wildman–Crippen MR) is 96.9 cm³/mol. The number of carboxylic acid groups (broad SMARTS) is 1. The first-order valence-corrected chi connectivity index (χ1v) is 9.50. The van der Waals surface area contributed by atoms with Crippen LogP contribution in [-0.4, -0.2) is 59.6 Å². The zero-order valence-electron chi connectivity index (χ0n) is 15.6. The number of nitrogens with one attached hydrogen (secondary N) is 1. The van der Waals surface area contributed by atoms with Gasteiger partial charge in [-0.2, -0.15) is 0 Å². The van der Waals surface area contributed by atoms with Crippen LogP contribution in [0.25, 0.3) is 0 Å². The number of nitrogens with zero attached hydrogens (tertiary/aromatic N) is 2. The third kappa shape index (κ3) is 4.38. The summed E-state index contributed by atoms with van der Waals surface area (Å²) in [7, 11) is 0. The molecule has 0 spiro atoms. The smallest absolute Gasteiger partial charge is 0.317 e. The van der Waals surface area contributed by atoms with E-state index in [-0.39, 0.29) is 24.5 Å². The Balaban J connectivity index is 1.62. The summed E-state index contributed by atoms with van der Waals surface area (Å²) in [5, 5.41) is 12.3. The molecule has 7 nitrogen and oxygen atoms in total. The van der Waals surface area contributed by atoms with E-state index >= 15 is 0 Å². The highest BCUT2D eigenvalue weighted by Gasteiger charge is 2.33. The van der Waals surface area contributed by atoms with Crippen molar-refractivity contribution in [3.8, 4) is 0 Å². The zero-order valence-corrected chi connectivity index (χ0v) is 15.6. The predicted octanol–water partition coefficient (Wildman–Crippen LogP) is 2.48. The van der Waals surface area contributed by atoms with E-state index < -0.39 is 11.9 Å². The van der Waals surface area contributed by atoms with Crippen LogP contribution in [0.5, 0.6) is 0 Å². The molecule has 3 rings (SSSR count). The summed E-state index contributed by atoms with van der Waals surface area (Å²) in [5.41, 5.74) is 0. The molecule has 0 aliphatic carbocycles. The Hall–Kier alpha value is -2.02. The molecule has 2 aliphatic rings. The first-order chi connectivity index (χ1) is 12.4. The minimum atomic E-state index is -0.824. The van der Waals surface area contributed by atoms with E-state index in [1.54, 1.807) is 4.90 Å². The third-order valence-corrected chi connectivity index (χ3v) is 5.41. The Kier molecular flexibility index (Phi) is 5.86. The maximum absolute atomic E-state index is 12.6. The maximum atomic E-state index is 12.6. The van der Waals surface area contributed by atoms with Crippen LogP contribution in [0.15, 0.2) is 16.5 Å². The largest absolute Gasteiger partial charge is 0.481 e. The normalized spacial score (nSPS) is 25.2. The number of hydrogen-bond acceptors (Lipinski definition) is 4. The van der Waals surface area contributed by atoms with Crippen LogP contribution in [0, 0.1) is 18.8 Å². The van der Waals surface area contributed by atoms with Crippen LogP contribution in [0.3, 0.4) is 0 Å². The fourth-order valence-electron chi connectivity index (χ4n) is 4.09. The lowest BCUT2D eigenvalue weighted by molar-refractivity contribution is -0.143. The minimum Gasteiger partial charge on any atom is -0.481 e. The number of urea groups is 1. The van der Waals surface area contributed by atoms with Gasteiger partial charge in [0.15, 0.2) is 0 Å². The van der Waals surface area contributed by atoms with E-state index in [0.717, 1.165) is 37.5 Å². The molecule has 0 bridgehead atoms. The quantitative estimate of drug-likeness (QED) is 0.839. The summed E-state index contributed by atoms with van der Waals surface area (Å²) in [6.07, 6.45) is 2.95. The van der Waals surface area contributed by atoms with Crippen molar-refractivity contribution < 1.29 is 19.1 Å². The van der Waals surface area contributed by atoms with Gasteiger partial charge in [0, 0.05) is 19.6 Å². The van der Waals surface area contributed by atoms with Crippen LogP contribution in [0.4, 0.5) is 4.79 Å². The lowest BCUT2D eigenvalue weighted by Crippen LogP contribution is -2.50. The third-order valence-electron chi connectivity index (χ3n) is 5.41. The Morgan fingerprint density at radius 1 is 1.31 bits per heavy atom. The first-order valence-electron chi connectivity index (χ1n) is 9.50. The van der Waals surface area contributed by atoms with E-state index in [9.17, 15) is 14.7 Å². The summed E-state index contributed by atoms with van der Waals surface area (Å²) >= 11 is 0. The molecule has 144 valence electrons. The Bertz CT molecular complexity index is 638. The number of amides is 2. The van der Waals surface area contributed by atoms with Gasteiger partial charge in [0.05, 0.1) is 12.0 Å². The van der Waals surface area contributed by atoms with Crippen molar-refractivity contribution in [2.24, 2.45) is 11.8 Å². The van der Waals surface area contributed by atoms with Crippen molar-refractivity contribution in [3.63, 3.8) is 0 Å². The van der Waals surface area contributed by atoms with Gasteiger partial charge in [-0.1, -0.05) is 6.92 Å². The monoisotopic (exact) mass is 363 g/mol. The van der Waals surface area contributed by atoms with E-state index in [1.807, 2.05) is 26.0 Å². The van der Waals surface area contributed by atoms with Gasteiger partial charge in [-0.3, -0.25) is 9.69 Å². The molecular weight excluding hydrogens is 334 g/mol. The fourth-order valence-corrected chi connectivity index (χ4v) is 4.09. The summed E-state index contributed by atoms with van der Waals surface area (Å²) in [6, 6.07) is 3.76. The van der Waals surface area contributed by atoms with Crippen LogP contribution in [0.2, 0.25) is 0 Å². The Morgan fingerprint density at radius 3 is 2.65 bits per heavy atom. The molecule has 0 saturated carbocycles. The molecule has 0 radical (unpaired) electrons. The molecule has 2 N–H and O–H groups in total. The molecule has 2 aliphatic heterocycles. The molecule has 1 aromatic rings. The average Bonchev–Trinajstić information content (AvgIpc) is 3.26. The van der Waals surface area contributed by atoms with Crippen LogP contribution < -0.4 is 5.32 Å². The number of aliphatic carboxylic acids is 1. The number of carbonyl (C=O) groups is 2. The van der Waals surface area contributed by atoms with Gasteiger partial charge in [-0.25, -0.2) is 4.79 Å². The summed E-state index contributed by atoms with van der Waals surface area (Å²) in [6.45, 7) is 7.26. The molecule has 1 aromatic heterocycles. The van der Waals surface area contributed by atoms with E-state index in [1.165, 1.54) is 0 Å². The van der Waals surface area contributed by atoms with E-state index in [0.29, 0.717) is 19.5 Å². The topological polar surface area (TPSA) is 86.0 Å². The second-order valence-corrected chi connectivity index (χ2v) is 7.67. The average molecular weight is 363 g/mol. The number of aryl methyl sites for hydroxylation is 1. The number of rotatable bonds is 5. The van der Waals surface area contributed by atoms with E-state index in [2.05, 4.69) is 10.2 Å². The molecular formula is C19H29N3O4. The first kappa shape index (κ1) is 18.8. The standard InChI is InChI=1S/C19H29N3O4/c1-13-9-15(18(23)24)12-22(11-13)19(25)20-10-16(21-7-3-4-8-21)17-6-5-14(2)26-17/h5-6,13,15-16H,3-4,7-12H2,1-2H3,(H,20,25)(H,23,24). The fraction of sp³-hybridized carbons (Fsp3) is 0.684. The van der Waals surface area contributed by atoms with E-state index in [4.69, 9.17) is 4.42 Å². The van der Waals surface area contributed by atoms with Crippen molar-refractivity contribution in [1.82, 2.24) is 15.1 Å². The molecule has 3 atom stereocenters. The second-order valence-electron chi connectivity index (χ2n) is 7.67. The molecule has 2 saturated heterocycles. The molecule has 3 unspecified atom stereocenters. The molecule has 0 aromatic carbocycles. The molecule has 26 heavy (non-hydrogen) atoms. The highest BCUT2D eigenvalue weighted by Crippen LogP contribution is 2.26. The number of likely N-dealkylation sites (tertiary alicyclic amines) is 2. The zero-order chi connectivity index (χ0) is 18.7. The number of furan rings is 1. The van der Waals surface area contributed by atoms with Crippen LogP contribution in [-0.2, 0) is 4.79 Å². The SMILES string of the molecule is Cc1ccc(C(CNC(=O)N2CC(C)CC(C(=O)O)C2)N2CCCC2)o1. The van der Waals surface area contributed by atoms with Crippen molar-refractivity contribution in [2.75, 3.05) is 32.7 Å². The summed E-state index contributed by atoms with van der Waals surface area (Å²) in [5.74, 6) is 0.629.